The molecule has 0 spiro atoms. The zero-order valence-corrected chi connectivity index (χ0v) is 14.3. The van der Waals surface area contributed by atoms with E-state index in [1.807, 2.05) is 19.2 Å². The summed E-state index contributed by atoms with van der Waals surface area (Å²) < 4.78 is 12.2. The van der Waals surface area contributed by atoms with Crippen LogP contribution in [0, 0.1) is 0 Å². The molecule has 1 aliphatic heterocycles. The number of hydrogen-bond donors (Lipinski definition) is 2. The minimum atomic E-state index is -0.391. The highest BCUT2D eigenvalue weighted by Crippen LogP contribution is 2.38. The van der Waals surface area contributed by atoms with Crippen molar-refractivity contribution in [3.8, 4) is 0 Å². The van der Waals surface area contributed by atoms with E-state index >= 15 is 0 Å². The van der Waals surface area contributed by atoms with Crippen molar-refractivity contribution in [3.05, 3.63) is 40.9 Å². The first-order valence-electron chi connectivity index (χ1n) is 7.79. The Morgan fingerprint density at radius 3 is 2.32 bits per heavy atom. The Kier molecular flexibility index (Phi) is 5.12. The lowest BCUT2D eigenvalue weighted by molar-refractivity contribution is 0.00578. The highest BCUT2D eigenvalue weighted by molar-refractivity contribution is 6.55. The molecule has 3 N–H and O–H groups in total. The summed E-state index contributed by atoms with van der Waals surface area (Å²) >= 11 is 0. The van der Waals surface area contributed by atoms with Crippen LogP contribution in [0.1, 0.15) is 38.8 Å². The minimum Gasteiger partial charge on any atom is -0.400 e. The third kappa shape index (κ3) is 3.44. The number of hydrogen-bond acceptors (Lipinski definition) is 4. The lowest BCUT2D eigenvalue weighted by Crippen LogP contribution is -2.41. The van der Waals surface area contributed by atoms with Crippen molar-refractivity contribution in [1.29, 1.82) is 0 Å². The number of benzene rings is 1. The second-order valence-electron chi connectivity index (χ2n) is 6.74. The topological polar surface area (TPSA) is 56.5 Å². The second kappa shape index (κ2) is 6.55. The molecule has 1 aromatic rings. The van der Waals surface area contributed by atoms with Gasteiger partial charge in [-0.15, -0.1) is 0 Å². The van der Waals surface area contributed by atoms with Crippen LogP contribution in [-0.2, 0) is 15.9 Å². The Bertz CT molecular complexity index is 539. The van der Waals surface area contributed by atoms with Crippen molar-refractivity contribution < 1.29 is 9.31 Å². The van der Waals surface area contributed by atoms with Crippen LogP contribution in [0.5, 0.6) is 0 Å². The first-order valence-corrected chi connectivity index (χ1v) is 7.79. The quantitative estimate of drug-likeness (QED) is 0.820. The molecule has 0 aromatic heterocycles. The smallest absolute Gasteiger partial charge is 0.400 e. The van der Waals surface area contributed by atoms with Gasteiger partial charge in [0.05, 0.1) is 11.2 Å². The lowest BCUT2D eigenvalue weighted by atomic mass is 9.77. The van der Waals surface area contributed by atoms with Gasteiger partial charge in [-0.25, -0.2) is 0 Å². The summed E-state index contributed by atoms with van der Waals surface area (Å²) in [6, 6.07) is 8.28. The average molecular weight is 302 g/mol. The van der Waals surface area contributed by atoms with Crippen molar-refractivity contribution in [1.82, 2.24) is 5.32 Å². The van der Waals surface area contributed by atoms with Gasteiger partial charge < -0.3 is 20.4 Å². The van der Waals surface area contributed by atoms with Gasteiger partial charge in [-0.05, 0) is 51.3 Å². The van der Waals surface area contributed by atoms with E-state index in [1.54, 1.807) is 0 Å². The monoisotopic (exact) mass is 302 g/mol. The highest BCUT2D eigenvalue weighted by Gasteiger charge is 2.52. The van der Waals surface area contributed by atoms with E-state index in [9.17, 15) is 0 Å². The molecule has 22 heavy (non-hydrogen) atoms. The molecule has 5 heteroatoms. The predicted molar refractivity (Wildman–Crippen MR) is 92.3 cm³/mol. The van der Waals surface area contributed by atoms with E-state index in [0.717, 1.165) is 17.6 Å². The van der Waals surface area contributed by atoms with Crippen molar-refractivity contribution in [2.45, 2.75) is 45.4 Å². The van der Waals surface area contributed by atoms with Crippen molar-refractivity contribution in [3.63, 3.8) is 0 Å². The molecule has 0 amide bonds. The summed E-state index contributed by atoms with van der Waals surface area (Å²) in [7, 11) is 1.55. The molecule has 120 valence electrons. The fourth-order valence-corrected chi connectivity index (χ4v) is 2.44. The molecule has 1 aromatic carbocycles. The van der Waals surface area contributed by atoms with Gasteiger partial charge in [-0.1, -0.05) is 30.3 Å². The molecule has 1 aliphatic rings. The van der Waals surface area contributed by atoms with Gasteiger partial charge in [0.2, 0.25) is 0 Å². The van der Waals surface area contributed by atoms with E-state index in [2.05, 4.69) is 51.2 Å². The molecule has 4 nitrogen and oxygen atoms in total. The first-order chi connectivity index (χ1) is 10.3. The fourth-order valence-electron chi connectivity index (χ4n) is 2.44. The van der Waals surface area contributed by atoms with Gasteiger partial charge in [0, 0.05) is 13.1 Å². The normalized spacial score (nSPS) is 20.5. The van der Waals surface area contributed by atoms with Crippen molar-refractivity contribution in [2.75, 3.05) is 13.6 Å². The van der Waals surface area contributed by atoms with E-state index in [-0.39, 0.29) is 11.2 Å². The van der Waals surface area contributed by atoms with Gasteiger partial charge in [0.25, 0.3) is 0 Å². The van der Waals surface area contributed by atoms with Gasteiger partial charge in [-0.2, -0.15) is 0 Å². The molecule has 0 aliphatic carbocycles. The molecular formula is C17H27BN2O2. The lowest BCUT2D eigenvalue weighted by Gasteiger charge is -2.32. The van der Waals surface area contributed by atoms with Crippen LogP contribution < -0.4 is 11.1 Å². The highest BCUT2D eigenvalue weighted by atomic mass is 16.7. The summed E-state index contributed by atoms with van der Waals surface area (Å²) in [6.07, 6.45) is 2.09. The largest absolute Gasteiger partial charge is 0.491 e. The maximum atomic E-state index is 6.10. The Morgan fingerprint density at radius 2 is 1.77 bits per heavy atom. The van der Waals surface area contributed by atoms with Crippen LogP contribution in [0.4, 0.5) is 0 Å². The number of nitrogens with one attached hydrogen (secondary N) is 1. The number of nitrogens with two attached hydrogens (primary N) is 1. The standard InChI is InChI=1S/C17H27BN2O2/c1-16(2)17(3,4)22-18(21-16)15(11-19)10-13-8-6-7-9-14(13)12-20-5/h6-10,20H,11-12,19H2,1-5H3. The molecule has 1 saturated heterocycles. The Hall–Kier alpha value is -1.14. The SMILES string of the molecule is CNCc1ccccc1C=C(CN)B1OC(C)(C)C(C)(C)O1. The van der Waals surface area contributed by atoms with Crippen LogP contribution in [0.15, 0.2) is 29.7 Å². The van der Waals surface area contributed by atoms with Crippen LogP contribution in [0.3, 0.4) is 0 Å². The minimum absolute atomic E-state index is 0.351. The fraction of sp³-hybridized carbons (Fsp3) is 0.529. The number of rotatable bonds is 5. The van der Waals surface area contributed by atoms with E-state index < -0.39 is 7.12 Å². The summed E-state index contributed by atoms with van der Waals surface area (Å²) in [5.41, 5.74) is 8.59. The molecule has 2 rings (SSSR count). The van der Waals surface area contributed by atoms with Gasteiger partial charge in [0.15, 0.2) is 0 Å². The third-order valence-corrected chi connectivity index (χ3v) is 4.55. The van der Waals surface area contributed by atoms with E-state index in [0.29, 0.717) is 6.54 Å². The first kappa shape index (κ1) is 17.2. The Balaban J connectivity index is 2.30. The maximum absolute atomic E-state index is 6.10. The van der Waals surface area contributed by atoms with E-state index in [4.69, 9.17) is 15.0 Å². The second-order valence-corrected chi connectivity index (χ2v) is 6.74. The van der Waals surface area contributed by atoms with Crippen molar-refractivity contribution in [2.24, 2.45) is 5.73 Å². The third-order valence-electron chi connectivity index (χ3n) is 4.55. The van der Waals surface area contributed by atoms with Crippen LogP contribution >= 0.6 is 0 Å². The van der Waals surface area contributed by atoms with Crippen molar-refractivity contribution >= 4 is 13.2 Å². The predicted octanol–water partition coefficient (Wildman–Crippen LogP) is 2.38. The van der Waals surface area contributed by atoms with E-state index in [1.165, 1.54) is 5.56 Å². The zero-order valence-electron chi connectivity index (χ0n) is 14.3. The zero-order chi connectivity index (χ0) is 16.4. The van der Waals surface area contributed by atoms with Crippen LogP contribution in [0.2, 0.25) is 0 Å². The molecule has 0 bridgehead atoms. The Labute approximate surface area is 134 Å². The van der Waals surface area contributed by atoms with Gasteiger partial charge >= 0.3 is 7.12 Å². The summed E-state index contributed by atoms with van der Waals surface area (Å²) in [5, 5.41) is 3.19. The molecular weight excluding hydrogens is 275 g/mol. The van der Waals surface area contributed by atoms with Gasteiger partial charge in [-0.3, -0.25) is 0 Å². The molecule has 1 heterocycles. The molecule has 1 fully saturated rings. The average Bonchev–Trinajstić information content (AvgIpc) is 2.66. The van der Waals surface area contributed by atoms with Crippen LogP contribution in [0.25, 0.3) is 6.08 Å². The summed E-state index contributed by atoms with van der Waals surface area (Å²) in [6.45, 7) is 9.43. The summed E-state index contributed by atoms with van der Waals surface area (Å²) in [4.78, 5) is 0. The van der Waals surface area contributed by atoms with Crippen LogP contribution in [-0.4, -0.2) is 31.9 Å². The van der Waals surface area contributed by atoms with Gasteiger partial charge in [0.1, 0.15) is 0 Å². The summed E-state index contributed by atoms with van der Waals surface area (Å²) in [5.74, 6) is 0. The molecule has 0 atom stereocenters. The molecule has 0 saturated carbocycles. The Morgan fingerprint density at radius 1 is 1.18 bits per heavy atom. The maximum Gasteiger partial charge on any atom is 0.491 e. The molecule has 0 unspecified atom stereocenters. The molecule has 0 radical (unpaired) electrons.